The van der Waals surface area contributed by atoms with Crippen molar-refractivity contribution in [1.29, 1.82) is 0 Å². The van der Waals surface area contributed by atoms with Gasteiger partial charge in [-0.05, 0) is 38.5 Å². The Hall–Kier alpha value is -1.25. The molecular formula is C33H64NO8P. The van der Waals surface area contributed by atoms with Gasteiger partial charge in [0, 0.05) is 19.4 Å². The van der Waals surface area contributed by atoms with E-state index in [1.165, 1.54) is 64.2 Å². The number of carbonyl (C=O) groups is 2. The second kappa shape index (κ2) is 30.8. The minimum atomic E-state index is -4.36. The predicted molar refractivity (Wildman–Crippen MR) is 174 cm³/mol. The van der Waals surface area contributed by atoms with Crippen molar-refractivity contribution < 1.29 is 37.6 Å². The molecule has 0 radical (unpaired) electrons. The number of carbonyl (C=O) groups excluding carboxylic acids is 2. The number of hydrogen-bond acceptors (Lipinski definition) is 8. The summed E-state index contributed by atoms with van der Waals surface area (Å²) in [4.78, 5) is 34.5. The second-order valence-corrected chi connectivity index (χ2v) is 12.8. The van der Waals surface area contributed by atoms with Gasteiger partial charge >= 0.3 is 19.8 Å². The van der Waals surface area contributed by atoms with Crippen LogP contribution in [-0.2, 0) is 32.7 Å². The number of phosphoric acid groups is 1. The van der Waals surface area contributed by atoms with Gasteiger partial charge in [0.1, 0.15) is 6.61 Å². The molecule has 1 unspecified atom stereocenters. The summed E-state index contributed by atoms with van der Waals surface area (Å²) in [6, 6.07) is 0. The summed E-state index contributed by atoms with van der Waals surface area (Å²) in [6.07, 6.45) is 26.8. The molecule has 0 aromatic rings. The Bertz CT molecular complexity index is 734. The Morgan fingerprint density at radius 1 is 0.674 bits per heavy atom. The largest absolute Gasteiger partial charge is 0.472 e. The molecule has 2 atom stereocenters. The van der Waals surface area contributed by atoms with Crippen molar-refractivity contribution >= 4 is 19.8 Å². The van der Waals surface area contributed by atoms with Gasteiger partial charge in [-0.1, -0.05) is 116 Å². The number of nitrogens with two attached hydrogens (primary N) is 1. The van der Waals surface area contributed by atoms with Crippen LogP contribution in [0.2, 0.25) is 0 Å². The fourth-order valence-corrected chi connectivity index (χ4v) is 5.33. The zero-order valence-electron chi connectivity index (χ0n) is 27.4. The Kier molecular flexibility index (Phi) is 29.9. The third kappa shape index (κ3) is 30.6. The van der Waals surface area contributed by atoms with Gasteiger partial charge in [-0.15, -0.1) is 0 Å². The average Bonchev–Trinajstić information content (AvgIpc) is 2.99. The van der Waals surface area contributed by atoms with E-state index in [9.17, 15) is 19.0 Å². The Morgan fingerprint density at radius 3 is 1.67 bits per heavy atom. The monoisotopic (exact) mass is 633 g/mol. The lowest BCUT2D eigenvalue weighted by Gasteiger charge is -2.19. The van der Waals surface area contributed by atoms with Gasteiger partial charge in [0.15, 0.2) is 6.10 Å². The van der Waals surface area contributed by atoms with Crippen LogP contribution in [0.4, 0.5) is 0 Å². The summed E-state index contributed by atoms with van der Waals surface area (Å²) in [7, 11) is -4.36. The normalized spacial score (nSPS) is 13.7. The van der Waals surface area contributed by atoms with E-state index in [1.54, 1.807) is 0 Å². The lowest BCUT2D eigenvalue weighted by Crippen LogP contribution is -2.29. The molecule has 254 valence electrons. The maximum absolute atomic E-state index is 12.4. The molecule has 43 heavy (non-hydrogen) atoms. The van der Waals surface area contributed by atoms with Crippen molar-refractivity contribution in [2.45, 2.75) is 161 Å². The Morgan fingerprint density at radius 2 is 1.14 bits per heavy atom. The molecule has 0 bridgehead atoms. The summed E-state index contributed by atoms with van der Waals surface area (Å²) in [6.45, 7) is 3.66. The van der Waals surface area contributed by atoms with E-state index in [-0.39, 0.29) is 32.6 Å². The highest BCUT2D eigenvalue weighted by atomic mass is 31.2. The summed E-state index contributed by atoms with van der Waals surface area (Å²) < 4.78 is 32.5. The first-order valence-corrected chi connectivity index (χ1v) is 18.7. The van der Waals surface area contributed by atoms with Gasteiger partial charge in [0.05, 0.1) is 13.2 Å². The fourth-order valence-electron chi connectivity index (χ4n) is 4.57. The van der Waals surface area contributed by atoms with E-state index >= 15 is 0 Å². The SMILES string of the molecule is CCCCCC/C=C/CCCCCCCC(=O)OC[C@H](COP(=O)(O)OCCN)OC(=O)CCCCCCCCCCC. The number of unbranched alkanes of at least 4 members (excludes halogenated alkanes) is 17. The number of hydrogen-bond donors (Lipinski definition) is 2. The first-order chi connectivity index (χ1) is 20.8. The Labute approximate surface area is 262 Å². The molecule has 0 heterocycles. The van der Waals surface area contributed by atoms with Gasteiger partial charge in [-0.3, -0.25) is 18.6 Å². The van der Waals surface area contributed by atoms with Crippen LogP contribution in [0.25, 0.3) is 0 Å². The molecule has 3 N–H and O–H groups in total. The molecule has 0 saturated carbocycles. The molecular weight excluding hydrogens is 569 g/mol. The van der Waals surface area contributed by atoms with Crippen LogP contribution in [0.5, 0.6) is 0 Å². The standard InChI is InChI=1S/C33H64NO8P/c1-3-5-7-9-11-13-14-15-16-18-19-21-23-25-32(35)39-29-31(30-41-43(37,38)40-28-27-34)42-33(36)26-24-22-20-17-12-10-8-6-4-2/h13-14,31H,3-12,15-30,34H2,1-2H3,(H,37,38)/b14-13+/t31-/m1/s1. The average molecular weight is 634 g/mol. The number of ether oxygens (including phenoxy) is 2. The molecule has 0 saturated heterocycles. The van der Waals surface area contributed by atoms with E-state index < -0.39 is 32.5 Å². The van der Waals surface area contributed by atoms with Crippen molar-refractivity contribution in [3.63, 3.8) is 0 Å². The number of phosphoric ester groups is 1. The topological polar surface area (TPSA) is 134 Å². The fraction of sp³-hybridized carbons (Fsp3) is 0.879. The van der Waals surface area contributed by atoms with Crippen molar-refractivity contribution in [3.8, 4) is 0 Å². The van der Waals surface area contributed by atoms with Crippen LogP contribution < -0.4 is 5.73 Å². The maximum atomic E-state index is 12.4. The molecule has 0 fully saturated rings. The molecule has 0 rings (SSSR count). The van der Waals surface area contributed by atoms with Crippen LogP contribution in [0.3, 0.4) is 0 Å². The van der Waals surface area contributed by atoms with Crippen LogP contribution in [0.1, 0.15) is 155 Å². The van der Waals surface area contributed by atoms with E-state index in [1.807, 2.05) is 0 Å². The van der Waals surface area contributed by atoms with E-state index in [4.69, 9.17) is 24.3 Å². The summed E-state index contributed by atoms with van der Waals surface area (Å²) in [5.74, 6) is -0.841. The van der Waals surface area contributed by atoms with E-state index in [0.29, 0.717) is 6.42 Å². The summed E-state index contributed by atoms with van der Waals surface area (Å²) in [5, 5.41) is 0. The van der Waals surface area contributed by atoms with Gasteiger partial charge in [-0.25, -0.2) is 4.57 Å². The quantitative estimate of drug-likeness (QED) is 0.0323. The molecule has 9 nitrogen and oxygen atoms in total. The predicted octanol–water partition coefficient (Wildman–Crippen LogP) is 8.71. The van der Waals surface area contributed by atoms with Gasteiger partial charge in [0.25, 0.3) is 0 Å². The zero-order valence-corrected chi connectivity index (χ0v) is 28.3. The molecule has 0 aliphatic rings. The number of allylic oxidation sites excluding steroid dienone is 2. The van der Waals surface area contributed by atoms with Crippen LogP contribution >= 0.6 is 7.82 Å². The Balaban J connectivity index is 4.27. The maximum Gasteiger partial charge on any atom is 0.472 e. The lowest BCUT2D eigenvalue weighted by molar-refractivity contribution is -0.161. The molecule has 10 heteroatoms. The minimum absolute atomic E-state index is 0.0545. The second-order valence-electron chi connectivity index (χ2n) is 11.4. The van der Waals surface area contributed by atoms with Crippen molar-refractivity contribution in [2.24, 2.45) is 5.73 Å². The van der Waals surface area contributed by atoms with Crippen LogP contribution in [0, 0.1) is 0 Å². The highest BCUT2D eigenvalue weighted by Crippen LogP contribution is 2.43. The highest BCUT2D eigenvalue weighted by Gasteiger charge is 2.25. The van der Waals surface area contributed by atoms with Crippen molar-refractivity contribution in [3.05, 3.63) is 12.2 Å². The molecule has 0 aliphatic heterocycles. The third-order valence-electron chi connectivity index (χ3n) is 7.15. The highest BCUT2D eigenvalue weighted by molar-refractivity contribution is 7.47. The summed E-state index contributed by atoms with van der Waals surface area (Å²) >= 11 is 0. The van der Waals surface area contributed by atoms with E-state index in [2.05, 4.69) is 26.0 Å². The molecule has 0 amide bonds. The molecule has 0 aromatic heterocycles. The number of rotatable bonds is 32. The zero-order chi connectivity index (χ0) is 31.9. The lowest BCUT2D eigenvalue weighted by atomic mass is 10.1. The van der Waals surface area contributed by atoms with Gasteiger partial charge < -0.3 is 20.1 Å². The van der Waals surface area contributed by atoms with Gasteiger partial charge in [0.2, 0.25) is 0 Å². The first kappa shape index (κ1) is 41.8. The summed E-state index contributed by atoms with van der Waals surface area (Å²) in [5.41, 5.74) is 5.31. The molecule has 0 aliphatic carbocycles. The molecule has 0 spiro atoms. The van der Waals surface area contributed by atoms with Crippen LogP contribution in [0.15, 0.2) is 12.2 Å². The smallest absolute Gasteiger partial charge is 0.462 e. The molecule has 0 aromatic carbocycles. The number of esters is 2. The van der Waals surface area contributed by atoms with Crippen LogP contribution in [-0.4, -0.2) is 49.3 Å². The van der Waals surface area contributed by atoms with Crippen molar-refractivity contribution in [2.75, 3.05) is 26.4 Å². The minimum Gasteiger partial charge on any atom is -0.462 e. The van der Waals surface area contributed by atoms with E-state index in [0.717, 1.165) is 57.8 Å². The van der Waals surface area contributed by atoms with Gasteiger partial charge in [-0.2, -0.15) is 0 Å². The third-order valence-corrected chi connectivity index (χ3v) is 8.14. The van der Waals surface area contributed by atoms with Crippen molar-refractivity contribution in [1.82, 2.24) is 0 Å². The first-order valence-electron chi connectivity index (χ1n) is 17.2.